The lowest BCUT2D eigenvalue weighted by molar-refractivity contribution is 0.102. The molecule has 0 saturated carbocycles. The predicted octanol–water partition coefficient (Wildman–Crippen LogP) is 5.86. The molecule has 5 rings (SSSR count). The molecule has 0 saturated heterocycles. The third-order valence-corrected chi connectivity index (χ3v) is 5.49. The summed E-state index contributed by atoms with van der Waals surface area (Å²) in [6.45, 7) is 2.57. The van der Waals surface area contributed by atoms with Crippen molar-refractivity contribution in [2.24, 2.45) is 0 Å². The van der Waals surface area contributed by atoms with Crippen LogP contribution in [0.1, 0.15) is 21.5 Å². The van der Waals surface area contributed by atoms with E-state index >= 15 is 0 Å². The highest BCUT2D eigenvalue weighted by molar-refractivity contribution is 6.30. The van der Waals surface area contributed by atoms with Gasteiger partial charge in [-0.25, -0.2) is 4.98 Å². The van der Waals surface area contributed by atoms with Crippen molar-refractivity contribution in [1.29, 1.82) is 0 Å². The fourth-order valence-electron chi connectivity index (χ4n) is 3.49. The smallest absolute Gasteiger partial charge is 0.278 e. The lowest BCUT2D eigenvalue weighted by Gasteiger charge is -2.08. The van der Waals surface area contributed by atoms with Gasteiger partial charge in [-0.2, -0.15) is 4.98 Å². The first-order chi connectivity index (χ1) is 16.5. The van der Waals surface area contributed by atoms with Crippen LogP contribution in [0.15, 0.2) is 89.8 Å². The first-order valence-corrected chi connectivity index (χ1v) is 11.0. The first kappa shape index (κ1) is 21.6. The molecule has 0 radical (unpaired) electrons. The SMILES string of the molecule is Cc1cccc(C(=O)Nc2ccc(Cn3cnc(-c4nc(-c5ccc(Cl)cc5)no4)c3)cc2)c1. The largest absolute Gasteiger partial charge is 0.332 e. The quantitative estimate of drug-likeness (QED) is 0.336. The number of carbonyl (C=O) groups is 1. The predicted molar refractivity (Wildman–Crippen MR) is 131 cm³/mol. The van der Waals surface area contributed by atoms with Gasteiger partial charge in [0.15, 0.2) is 0 Å². The number of hydrogen-bond donors (Lipinski definition) is 1. The van der Waals surface area contributed by atoms with E-state index in [9.17, 15) is 4.79 Å². The Morgan fingerprint density at radius 3 is 2.62 bits per heavy atom. The number of anilines is 1. The second-order valence-corrected chi connectivity index (χ2v) is 8.32. The number of amides is 1. The van der Waals surface area contributed by atoms with Gasteiger partial charge in [0.1, 0.15) is 5.69 Å². The maximum atomic E-state index is 12.4. The Bertz CT molecular complexity index is 1440. The van der Waals surface area contributed by atoms with Crippen molar-refractivity contribution in [3.8, 4) is 23.0 Å². The minimum Gasteiger partial charge on any atom is -0.332 e. The summed E-state index contributed by atoms with van der Waals surface area (Å²) in [5, 5.41) is 7.61. The van der Waals surface area contributed by atoms with Crippen molar-refractivity contribution >= 4 is 23.2 Å². The van der Waals surface area contributed by atoms with Crippen molar-refractivity contribution in [3.05, 3.63) is 107 Å². The molecule has 0 aliphatic carbocycles. The molecule has 0 aliphatic heterocycles. The van der Waals surface area contributed by atoms with Crippen LogP contribution in [0.4, 0.5) is 5.69 Å². The van der Waals surface area contributed by atoms with E-state index in [0.29, 0.717) is 34.5 Å². The van der Waals surface area contributed by atoms with Crippen LogP contribution >= 0.6 is 11.6 Å². The Labute approximate surface area is 201 Å². The van der Waals surface area contributed by atoms with Crippen LogP contribution in [0.3, 0.4) is 0 Å². The first-order valence-electron chi connectivity index (χ1n) is 10.6. The zero-order valence-electron chi connectivity index (χ0n) is 18.3. The van der Waals surface area contributed by atoms with Crippen molar-refractivity contribution in [2.75, 3.05) is 5.32 Å². The number of halogens is 1. The molecule has 0 spiro atoms. The molecule has 168 valence electrons. The molecule has 0 fully saturated rings. The molecule has 2 heterocycles. The molecule has 0 unspecified atom stereocenters. The monoisotopic (exact) mass is 469 g/mol. The van der Waals surface area contributed by atoms with E-state index in [0.717, 1.165) is 22.4 Å². The Morgan fingerprint density at radius 2 is 1.85 bits per heavy atom. The van der Waals surface area contributed by atoms with Crippen LogP contribution in [0, 0.1) is 6.92 Å². The number of rotatable bonds is 6. The van der Waals surface area contributed by atoms with Gasteiger partial charge in [0, 0.05) is 34.6 Å². The van der Waals surface area contributed by atoms with Gasteiger partial charge in [0.05, 0.1) is 6.33 Å². The molecule has 2 aromatic heterocycles. The minimum atomic E-state index is -0.131. The number of hydrogen-bond acceptors (Lipinski definition) is 5. The Hall–Kier alpha value is -4.23. The Kier molecular flexibility index (Phi) is 5.93. The van der Waals surface area contributed by atoms with Gasteiger partial charge in [0.25, 0.3) is 11.8 Å². The number of imidazole rings is 1. The van der Waals surface area contributed by atoms with Crippen LogP contribution < -0.4 is 5.32 Å². The summed E-state index contributed by atoms with van der Waals surface area (Å²) in [6.07, 6.45) is 3.57. The maximum absolute atomic E-state index is 12.4. The Balaban J connectivity index is 1.23. The highest BCUT2D eigenvalue weighted by atomic mass is 35.5. The van der Waals surface area contributed by atoms with E-state index in [4.69, 9.17) is 16.1 Å². The van der Waals surface area contributed by atoms with E-state index in [1.807, 2.05) is 72.3 Å². The zero-order valence-corrected chi connectivity index (χ0v) is 19.0. The molecule has 8 heteroatoms. The van der Waals surface area contributed by atoms with Crippen molar-refractivity contribution in [3.63, 3.8) is 0 Å². The van der Waals surface area contributed by atoms with Crippen LogP contribution in [0.25, 0.3) is 23.0 Å². The highest BCUT2D eigenvalue weighted by Crippen LogP contribution is 2.23. The molecule has 1 amide bonds. The molecule has 1 N–H and O–H groups in total. The van der Waals surface area contributed by atoms with E-state index in [-0.39, 0.29) is 5.91 Å². The molecule has 7 nitrogen and oxygen atoms in total. The molecule has 3 aromatic carbocycles. The third-order valence-electron chi connectivity index (χ3n) is 5.24. The minimum absolute atomic E-state index is 0.131. The van der Waals surface area contributed by atoms with Gasteiger partial charge in [-0.1, -0.05) is 46.6 Å². The van der Waals surface area contributed by atoms with E-state index < -0.39 is 0 Å². The average molecular weight is 470 g/mol. The van der Waals surface area contributed by atoms with Crippen molar-refractivity contribution in [2.45, 2.75) is 13.5 Å². The molecule has 0 bridgehead atoms. The molecular weight excluding hydrogens is 450 g/mol. The van der Waals surface area contributed by atoms with Gasteiger partial charge in [-0.3, -0.25) is 4.79 Å². The van der Waals surface area contributed by atoms with Gasteiger partial charge < -0.3 is 14.4 Å². The summed E-state index contributed by atoms with van der Waals surface area (Å²) in [6, 6.07) is 22.4. The summed E-state index contributed by atoms with van der Waals surface area (Å²) < 4.78 is 7.32. The molecule has 0 aliphatic rings. The normalized spacial score (nSPS) is 10.9. The summed E-state index contributed by atoms with van der Waals surface area (Å²) >= 11 is 5.94. The van der Waals surface area contributed by atoms with Gasteiger partial charge in [-0.15, -0.1) is 0 Å². The molecule has 34 heavy (non-hydrogen) atoms. The van der Waals surface area contributed by atoms with Crippen LogP contribution in [-0.4, -0.2) is 25.6 Å². The number of aryl methyl sites for hydroxylation is 1. The second kappa shape index (κ2) is 9.33. The average Bonchev–Trinajstić information content (AvgIpc) is 3.51. The molecule has 5 aromatic rings. The maximum Gasteiger partial charge on any atom is 0.278 e. The number of aromatic nitrogens is 4. The number of nitrogens with zero attached hydrogens (tertiary/aromatic N) is 4. The fraction of sp³-hybridized carbons (Fsp3) is 0.0769. The standard InChI is InChI=1S/C26H20ClN5O2/c1-17-3-2-4-20(13-17)25(33)29-22-11-5-18(6-12-22)14-32-15-23(28-16-32)26-30-24(31-34-26)19-7-9-21(27)10-8-19/h2-13,15-16H,14H2,1H3,(H,29,33). The number of benzene rings is 3. The fourth-order valence-corrected chi connectivity index (χ4v) is 3.62. The summed E-state index contributed by atoms with van der Waals surface area (Å²) in [7, 11) is 0. The highest BCUT2D eigenvalue weighted by Gasteiger charge is 2.13. The van der Waals surface area contributed by atoms with Crippen LogP contribution in [0.5, 0.6) is 0 Å². The van der Waals surface area contributed by atoms with Crippen molar-refractivity contribution in [1.82, 2.24) is 19.7 Å². The van der Waals surface area contributed by atoms with E-state index in [1.165, 1.54) is 0 Å². The lowest BCUT2D eigenvalue weighted by Crippen LogP contribution is -2.12. The van der Waals surface area contributed by atoms with Crippen molar-refractivity contribution < 1.29 is 9.32 Å². The molecule has 0 atom stereocenters. The summed E-state index contributed by atoms with van der Waals surface area (Å²) in [4.78, 5) is 21.3. The number of nitrogens with one attached hydrogen (secondary N) is 1. The van der Waals surface area contributed by atoms with E-state index in [1.54, 1.807) is 24.5 Å². The zero-order chi connectivity index (χ0) is 23.5. The second-order valence-electron chi connectivity index (χ2n) is 7.88. The molecular formula is C26H20ClN5O2. The van der Waals surface area contributed by atoms with Gasteiger partial charge >= 0.3 is 0 Å². The Morgan fingerprint density at radius 1 is 1.06 bits per heavy atom. The van der Waals surface area contributed by atoms with Gasteiger partial charge in [-0.05, 0) is 61.0 Å². The third kappa shape index (κ3) is 4.89. The lowest BCUT2D eigenvalue weighted by atomic mass is 10.1. The summed E-state index contributed by atoms with van der Waals surface area (Å²) in [5.74, 6) is 0.690. The summed E-state index contributed by atoms with van der Waals surface area (Å²) in [5.41, 5.74) is 4.88. The van der Waals surface area contributed by atoms with E-state index in [2.05, 4.69) is 20.4 Å². The topological polar surface area (TPSA) is 85.8 Å². The van der Waals surface area contributed by atoms with Crippen LogP contribution in [0.2, 0.25) is 5.02 Å². The van der Waals surface area contributed by atoms with Gasteiger partial charge in [0.2, 0.25) is 5.82 Å². The number of carbonyl (C=O) groups excluding carboxylic acids is 1. The van der Waals surface area contributed by atoms with Crippen LogP contribution in [-0.2, 0) is 6.54 Å².